The molecule has 0 radical (unpaired) electrons. The third kappa shape index (κ3) is 2.83. The quantitative estimate of drug-likeness (QED) is 0.657. The Morgan fingerprint density at radius 2 is 2.09 bits per heavy atom. The normalized spacial score (nSPS) is 12.0. The largest absolute Gasteiger partial charge is 0.494 e. The van der Waals surface area contributed by atoms with Crippen LogP contribution in [0.1, 0.15) is 25.6 Å². The summed E-state index contributed by atoms with van der Waals surface area (Å²) in [4.78, 5) is 42.6. The molecular formula is C15H16N2O5. The van der Waals surface area contributed by atoms with Crippen molar-refractivity contribution in [3.8, 4) is 5.75 Å². The van der Waals surface area contributed by atoms with Gasteiger partial charge in [-0.15, -0.1) is 0 Å². The monoisotopic (exact) mass is 304 g/mol. The second-order valence-corrected chi connectivity index (χ2v) is 4.60. The number of H-pyrrole nitrogens is 1. The van der Waals surface area contributed by atoms with Crippen molar-refractivity contribution in [3.63, 3.8) is 0 Å². The second-order valence-electron chi connectivity index (χ2n) is 4.60. The summed E-state index contributed by atoms with van der Waals surface area (Å²) < 4.78 is 10.0. The van der Waals surface area contributed by atoms with E-state index in [1.807, 2.05) is 0 Å². The summed E-state index contributed by atoms with van der Waals surface area (Å²) >= 11 is 0. The van der Waals surface area contributed by atoms with Crippen LogP contribution >= 0.6 is 0 Å². The van der Waals surface area contributed by atoms with Crippen molar-refractivity contribution in [2.75, 3.05) is 13.7 Å². The number of benzene rings is 1. The molecule has 0 fully saturated rings. The van der Waals surface area contributed by atoms with Gasteiger partial charge in [-0.25, -0.2) is 4.98 Å². The number of Topliss-reactive ketones (excluding diaryl/α,β-unsaturated/α-hetero) is 1. The van der Waals surface area contributed by atoms with Crippen molar-refractivity contribution in [1.29, 1.82) is 0 Å². The summed E-state index contributed by atoms with van der Waals surface area (Å²) in [7, 11) is 1.45. The molecule has 0 amide bonds. The van der Waals surface area contributed by atoms with Crippen molar-refractivity contribution in [1.82, 2.24) is 9.97 Å². The van der Waals surface area contributed by atoms with E-state index in [0.29, 0.717) is 16.7 Å². The zero-order valence-electron chi connectivity index (χ0n) is 12.5. The number of rotatable bonds is 5. The van der Waals surface area contributed by atoms with Crippen LogP contribution in [-0.2, 0) is 14.3 Å². The number of hydrogen-bond acceptors (Lipinski definition) is 6. The predicted octanol–water partition coefficient (Wildman–Crippen LogP) is 1.17. The highest BCUT2D eigenvalue weighted by molar-refractivity contribution is 6.03. The molecule has 0 aliphatic rings. The maximum absolute atomic E-state index is 12.2. The van der Waals surface area contributed by atoms with Crippen LogP contribution in [0.3, 0.4) is 0 Å². The third-order valence-corrected chi connectivity index (χ3v) is 3.14. The fraction of sp³-hybridized carbons (Fsp3) is 0.333. The smallest absolute Gasteiger partial charge is 0.324 e. The molecule has 1 N–H and O–H groups in total. The minimum Gasteiger partial charge on any atom is -0.494 e. The van der Waals surface area contributed by atoms with Crippen LogP contribution in [0.2, 0.25) is 0 Å². The van der Waals surface area contributed by atoms with Crippen LogP contribution in [0.5, 0.6) is 5.75 Å². The van der Waals surface area contributed by atoms with E-state index in [4.69, 9.17) is 9.47 Å². The molecule has 0 aliphatic heterocycles. The lowest BCUT2D eigenvalue weighted by Gasteiger charge is -2.13. The Balaban J connectivity index is 2.66. The van der Waals surface area contributed by atoms with Gasteiger partial charge in [0.15, 0.2) is 11.7 Å². The van der Waals surface area contributed by atoms with E-state index in [1.165, 1.54) is 14.0 Å². The lowest BCUT2D eigenvalue weighted by molar-refractivity contribution is -0.147. The maximum Gasteiger partial charge on any atom is 0.324 e. The summed E-state index contributed by atoms with van der Waals surface area (Å²) in [6, 6.07) is 4.89. The van der Waals surface area contributed by atoms with Crippen LogP contribution < -0.4 is 10.3 Å². The van der Waals surface area contributed by atoms with E-state index in [1.54, 1.807) is 25.1 Å². The van der Waals surface area contributed by atoms with Gasteiger partial charge in [-0.1, -0.05) is 6.07 Å². The third-order valence-electron chi connectivity index (χ3n) is 3.14. The molecule has 1 heterocycles. The van der Waals surface area contributed by atoms with Crippen molar-refractivity contribution >= 4 is 22.7 Å². The van der Waals surface area contributed by atoms with Crippen LogP contribution in [0.4, 0.5) is 0 Å². The number of nitrogens with zero attached hydrogens (tertiary/aromatic N) is 1. The number of carbonyl (C=O) groups is 2. The number of para-hydroxylation sites is 1. The Morgan fingerprint density at radius 1 is 1.36 bits per heavy atom. The number of aromatic amines is 1. The molecule has 7 nitrogen and oxygen atoms in total. The van der Waals surface area contributed by atoms with Crippen LogP contribution in [0.25, 0.3) is 10.9 Å². The minimum absolute atomic E-state index is 0.0482. The molecule has 1 unspecified atom stereocenters. The van der Waals surface area contributed by atoms with E-state index in [9.17, 15) is 14.4 Å². The number of methoxy groups -OCH3 is 1. The Kier molecular flexibility index (Phi) is 4.55. The fourth-order valence-electron chi connectivity index (χ4n) is 2.15. The van der Waals surface area contributed by atoms with E-state index in [-0.39, 0.29) is 12.4 Å². The summed E-state index contributed by atoms with van der Waals surface area (Å²) in [6.45, 7) is 3.01. The maximum atomic E-state index is 12.2. The first-order valence-corrected chi connectivity index (χ1v) is 6.73. The van der Waals surface area contributed by atoms with E-state index >= 15 is 0 Å². The van der Waals surface area contributed by atoms with Gasteiger partial charge in [0, 0.05) is 0 Å². The number of aromatic nitrogens is 2. The average Bonchev–Trinajstić information content (AvgIpc) is 2.47. The summed E-state index contributed by atoms with van der Waals surface area (Å²) in [5.41, 5.74) is -0.159. The van der Waals surface area contributed by atoms with Gasteiger partial charge in [0.1, 0.15) is 17.1 Å². The van der Waals surface area contributed by atoms with Gasteiger partial charge < -0.3 is 14.5 Å². The zero-order chi connectivity index (χ0) is 16.3. The summed E-state index contributed by atoms with van der Waals surface area (Å²) in [5.74, 6) is -2.13. The van der Waals surface area contributed by atoms with E-state index in [0.717, 1.165) is 0 Å². The van der Waals surface area contributed by atoms with Crippen molar-refractivity contribution in [3.05, 3.63) is 34.4 Å². The number of esters is 1. The Morgan fingerprint density at radius 3 is 2.68 bits per heavy atom. The molecule has 7 heteroatoms. The molecular weight excluding hydrogens is 288 g/mol. The number of carbonyl (C=O) groups excluding carboxylic acids is 2. The van der Waals surface area contributed by atoms with E-state index in [2.05, 4.69) is 9.97 Å². The number of fused-ring (bicyclic) bond motifs is 1. The average molecular weight is 304 g/mol. The molecule has 0 saturated heterocycles. The van der Waals surface area contributed by atoms with Gasteiger partial charge in [-0.2, -0.15) is 0 Å². The van der Waals surface area contributed by atoms with Gasteiger partial charge in [-0.05, 0) is 26.0 Å². The molecule has 0 saturated carbocycles. The predicted molar refractivity (Wildman–Crippen MR) is 79.0 cm³/mol. The standard InChI is InChI=1S/C15H16N2O5/c1-4-22-15(20)11(8(2)18)13-16-12-9(14(19)17-13)6-5-7-10(12)21-3/h5-7,11H,4H2,1-3H3,(H,16,17,19). The van der Waals surface area contributed by atoms with Gasteiger partial charge in [0.2, 0.25) is 0 Å². The first-order valence-electron chi connectivity index (χ1n) is 6.73. The molecule has 2 rings (SSSR count). The number of ether oxygens (including phenoxy) is 2. The van der Waals surface area contributed by atoms with Gasteiger partial charge in [0.05, 0.1) is 19.1 Å². The molecule has 116 valence electrons. The first-order chi connectivity index (χ1) is 10.5. The molecule has 1 aromatic carbocycles. The number of hydrogen-bond donors (Lipinski definition) is 1. The lowest BCUT2D eigenvalue weighted by atomic mass is 10.0. The van der Waals surface area contributed by atoms with Crippen molar-refractivity contribution in [2.45, 2.75) is 19.8 Å². The SMILES string of the molecule is CCOC(=O)C(C(C)=O)c1nc2c(OC)cccc2c(=O)[nH]1. The summed E-state index contributed by atoms with van der Waals surface area (Å²) in [5, 5.41) is 0.314. The second kappa shape index (κ2) is 6.38. The Bertz CT molecular complexity index is 781. The van der Waals surface area contributed by atoms with Crippen LogP contribution in [-0.4, -0.2) is 35.4 Å². The van der Waals surface area contributed by atoms with Crippen LogP contribution in [0.15, 0.2) is 23.0 Å². The molecule has 0 aliphatic carbocycles. The highest BCUT2D eigenvalue weighted by atomic mass is 16.5. The molecule has 22 heavy (non-hydrogen) atoms. The fourth-order valence-corrected chi connectivity index (χ4v) is 2.15. The lowest BCUT2D eigenvalue weighted by Crippen LogP contribution is -2.27. The molecule has 0 spiro atoms. The number of nitrogens with one attached hydrogen (secondary N) is 1. The molecule has 0 bridgehead atoms. The van der Waals surface area contributed by atoms with E-state index < -0.39 is 23.2 Å². The zero-order valence-corrected chi connectivity index (χ0v) is 12.5. The summed E-state index contributed by atoms with van der Waals surface area (Å²) in [6.07, 6.45) is 0. The van der Waals surface area contributed by atoms with Gasteiger partial charge in [0.25, 0.3) is 5.56 Å². The molecule has 2 aromatic rings. The first kappa shape index (κ1) is 15.7. The van der Waals surface area contributed by atoms with Crippen molar-refractivity contribution in [2.24, 2.45) is 0 Å². The topological polar surface area (TPSA) is 98.3 Å². The highest BCUT2D eigenvalue weighted by Gasteiger charge is 2.30. The van der Waals surface area contributed by atoms with Crippen LogP contribution in [0, 0.1) is 0 Å². The number of ketones is 1. The van der Waals surface area contributed by atoms with Crippen molar-refractivity contribution < 1.29 is 19.1 Å². The Labute approximate surface area is 126 Å². The highest BCUT2D eigenvalue weighted by Crippen LogP contribution is 2.23. The van der Waals surface area contributed by atoms with Gasteiger partial charge >= 0.3 is 5.97 Å². The Hall–Kier alpha value is -2.70. The molecule has 1 atom stereocenters. The minimum atomic E-state index is -1.26. The molecule has 1 aromatic heterocycles. The van der Waals surface area contributed by atoms with Gasteiger partial charge in [-0.3, -0.25) is 14.4 Å².